The Morgan fingerprint density at radius 3 is 2.48 bits per heavy atom. The number of hydrogen-bond donors (Lipinski definition) is 3. The molecule has 0 spiro atoms. The minimum absolute atomic E-state index is 0. The fourth-order valence-corrected chi connectivity index (χ4v) is 4.38. The Morgan fingerprint density at radius 2 is 1.79 bits per heavy atom. The van der Waals surface area contributed by atoms with Gasteiger partial charge in [0.25, 0.3) is 0 Å². The Balaban J connectivity index is 0.00000150. The Hall–Kier alpha value is -1.31. The molecule has 9 heteroatoms. The summed E-state index contributed by atoms with van der Waals surface area (Å²) in [7, 11) is 0. The molecule has 0 radical (unpaired) electrons. The number of imidazole rings is 1. The maximum absolute atomic E-state index is 6.05. The maximum Gasteiger partial charge on any atom is 0.227 e. The number of aromatic nitrogens is 4. The van der Waals surface area contributed by atoms with Gasteiger partial charge in [-0.2, -0.15) is 9.97 Å². The van der Waals surface area contributed by atoms with Crippen LogP contribution in [0.1, 0.15) is 77.2 Å². The SMILES string of the molecule is CCCCNc1nc(NC2CCC(N)CC2)nc2c1ncn2C1CCCC1.Cl.Cl. The first-order valence-corrected chi connectivity index (χ1v) is 10.7. The van der Waals surface area contributed by atoms with Gasteiger partial charge in [-0.15, -0.1) is 24.8 Å². The third-order valence-electron chi connectivity index (χ3n) is 6.07. The van der Waals surface area contributed by atoms with E-state index >= 15 is 0 Å². The molecule has 0 aromatic carbocycles. The maximum atomic E-state index is 6.05. The number of nitrogens with one attached hydrogen (secondary N) is 2. The topological polar surface area (TPSA) is 93.7 Å². The van der Waals surface area contributed by atoms with Gasteiger partial charge in [-0.05, 0) is 44.9 Å². The molecule has 164 valence electrons. The molecular weight excluding hydrogens is 409 g/mol. The number of fused-ring (bicyclic) bond motifs is 1. The van der Waals surface area contributed by atoms with Crippen molar-refractivity contribution in [3.63, 3.8) is 0 Å². The van der Waals surface area contributed by atoms with Crippen LogP contribution in [0.3, 0.4) is 0 Å². The Bertz CT molecular complexity index is 753. The highest BCUT2D eigenvalue weighted by Gasteiger charge is 2.23. The van der Waals surface area contributed by atoms with Gasteiger partial charge >= 0.3 is 0 Å². The zero-order chi connectivity index (χ0) is 18.6. The van der Waals surface area contributed by atoms with Gasteiger partial charge in [-0.3, -0.25) is 0 Å². The molecule has 2 aliphatic rings. The highest BCUT2D eigenvalue weighted by Crippen LogP contribution is 2.33. The number of hydrogen-bond acceptors (Lipinski definition) is 6. The van der Waals surface area contributed by atoms with E-state index in [1.807, 2.05) is 6.33 Å². The van der Waals surface area contributed by atoms with Crippen LogP contribution < -0.4 is 16.4 Å². The van der Waals surface area contributed by atoms with Crippen LogP contribution >= 0.6 is 24.8 Å². The van der Waals surface area contributed by atoms with Crippen molar-refractivity contribution in [1.82, 2.24) is 19.5 Å². The second-order valence-corrected chi connectivity index (χ2v) is 8.19. The van der Waals surface area contributed by atoms with Crippen LogP contribution in [0.2, 0.25) is 0 Å². The summed E-state index contributed by atoms with van der Waals surface area (Å²) >= 11 is 0. The quantitative estimate of drug-likeness (QED) is 0.537. The standard InChI is InChI=1S/C20H33N7.2ClH/c1-2-3-12-22-18-17-19(27(13-23-17)16-6-4-5-7-16)26-20(25-18)24-15-10-8-14(21)9-11-15;;/h13-16H,2-12,21H2,1H3,(H2,22,24,25,26);2*1H. The molecule has 2 aromatic rings. The summed E-state index contributed by atoms with van der Waals surface area (Å²) < 4.78 is 2.27. The van der Waals surface area contributed by atoms with Crippen molar-refractivity contribution in [1.29, 1.82) is 0 Å². The lowest BCUT2D eigenvalue weighted by Gasteiger charge is -2.27. The first-order chi connectivity index (χ1) is 13.2. The molecule has 29 heavy (non-hydrogen) atoms. The number of rotatable bonds is 7. The summed E-state index contributed by atoms with van der Waals surface area (Å²) in [6, 6.07) is 1.28. The van der Waals surface area contributed by atoms with Crippen LogP contribution in [-0.2, 0) is 0 Å². The summed E-state index contributed by atoms with van der Waals surface area (Å²) in [6.45, 7) is 3.11. The molecule has 0 aliphatic heterocycles. The molecule has 0 atom stereocenters. The van der Waals surface area contributed by atoms with Gasteiger partial charge < -0.3 is 20.9 Å². The van der Waals surface area contributed by atoms with Crippen molar-refractivity contribution in [2.45, 2.75) is 89.3 Å². The van der Waals surface area contributed by atoms with Gasteiger partial charge in [0.15, 0.2) is 17.0 Å². The van der Waals surface area contributed by atoms with Crippen molar-refractivity contribution in [3.8, 4) is 0 Å². The van der Waals surface area contributed by atoms with Crippen LogP contribution in [0.5, 0.6) is 0 Å². The number of nitrogens with zero attached hydrogens (tertiary/aromatic N) is 4. The molecule has 0 amide bonds. The molecule has 4 N–H and O–H groups in total. The smallest absolute Gasteiger partial charge is 0.227 e. The second kappa shape index (κ2) is 11.2. The van der Waals surface area contributed by atoms with E-state index in [0.717, 1.165) is 68.0 Å². The number of anilines is 2. The fraction of sp³-hybridized carbons (Fsp3) is 0.750. The van der Waals surface area contributed by atoms with Crippen LogP contribution in [0.25, 0.3) is 11.2 Å². The normalized spacial score (nSPS) is 22.1. The lowest BCUT2D eigenvalue weighted by Crippen LogP contribution is -2.33. The lowest BCUT2D eigenvalue weighted by molar-refractivity contribution is 0.410. The Kier molecular flexibility index (Phi) is 9.24. The summed E-state index contributed by atoms with van der Waals surface area (Å²) in [5.41, 5.74) is 7.91. The average Bonchev–Trinajstić information content (AvgIpc) is 3.33. The zero-order valence-corrected chi connectivity index (χ0v) is 18.9. The van der Waals surface area contributed by atoms with E-state index in [0.29, 0.717) is 18.1 Å². The Labute approximate surface area is 185 Å². The predicted octanol–water partition coefficient (Wildman–Crippen LogP) is 4.68. The van der Waals surface area contributed by atoms with Crippen molar-refractivity contribution >= 4 is 47.7 Å². The van der Waals surface area contributed by atoms with E-state index in [1.165, 1.54) is 25.7 Å². The van der Waals surface area contributed by atoms with E-state index in [4.69, 9.17) is 15.7 Å². The van der Waals surface area contributed by atoms with E-state index < -0.39 is 0 Å². The molecular formula is C20H35Cl2N7. The van der Waals surface area contributed by atoms with E-state index in [9.17, 15) is 0 Å². The zero-order valence-electron chi connectivity index (χ0n) is 17.3. The number of halogens is 2. The second-order valence-electron chi connectivity index (χ2n) is 8.19. The van der Waals surface area contributed by atoms with Crippen LogP contribution in [0.4, 0.5) is 11.8 Å². The summed E-state index contributed by atoms with van der Waals surface area (Å²) in [4.78, 5) is 14.3. The van der Waals surface area contributed by atoms with Crippen molar-refractivity contribution in [3.05, 3.63) is 6.33 Å². The van der Waals surface area contributed by atoms with Gasteiger partial charge in [-0.25, -0.2) is 4.98 Å². The van der Waals surface area contributed by atoms with Crippen LogP contribution in [0, 0.1) is 0 Å². The first kappa shape index (κ1) is 24.0. The molecule has 0 saturated heterocycles. The van der Waals surface area contributed by atoms with Gasteiger partial charge in [0.2, 0.25) is 5.95 Å². The fourth-order valence-electron chi connectivity index (χ4n) is 4.38. The molecule has 2 aliphatic carbocycles. The van der Waals surface area contributed by atoms with Gasteiger partial charge in [0.05, 0.1) is 6.33 Å². The van der Waals surface area contributed by atoms with E-state index in [1.54, 1.807) is 0 Å². The highest BCUT2D eigenvalue weighted by atomic mass is 35.5. The van der Waals surface area contributed by atoms with Crippen LogP contribution in [0.15, 0.2) is 6.33 Å². The monoisotopic (exact) mass is 443 g/mol. The Morgan fingerprint density at radius 1 is 1.07 bits per heavy atom. The van der Waals surface area contributed by atoms with Gasteiger partial charge in [-0.1, -0.05) is 26.2 Å². The van der Waals surface area contributed by atoms with E-state index in [-0.39, 0.29) is 24.8 Å². The molecule has 2 fully saturated rings. The molecule has 2 aromatic heterocycles. The summed E-state index contributed by atoms with van der Waals surface area (Å²) in [5.74, 6) is 1.59. The predicted molar refractivity (Wildman–Crippen MR) is 125 cm³/mol. The van der Waals surface area contributed by atoms with Crippen LogP contribution in [-0.4, -0.2) is 38.1 Å². The average molecular weight is 444 g/mol. The molecule has 0 bridgehead atoms. The molecule has 7 nitrogen and oxygen atoms in total. The molecule has 2 saturated carbocycles. The minimum Gasteiger partial charge on any atom is -0.368 e. The highest BCUT2D eigenvalue weighted by molar-refractivity contribution is 5.86. The largest absolute Gasteiger partial charge is 0.368 e. The number of unbranched alkanes of at least 4 members (excludes halogenated alkanes) is 1. The first-order valence-electron chi connectivity index (χ1n) is 10.7. The minimum atomic E-state index is 0. The summed E-state index contributed by atoms with van der Waals surface area (Å²) in [5, 5.41) is 7.06. The van der Waals surface area contributed by atoms with E-state index in [2.05, 4.69) is 27.1 Å². The van der Waals surface area contributed by atoms with Crippen molar-refractivity contribution in [2.75, 3.05) is 17.2 Å². The molecule has 4 rings (SSSR count). The van der Waals surface area contributed by atoms with Crippen molar-refractivity contribution in [2.24, 2.45) is 5.73 Å². The third-order valence-corrected chi connectivity index (χ3v) is 6.07. The third kappa shape index (κ3) is 5.64. The lowest BCUT2D eigenvalue weighted by atomic mass is 9.92. The summed E-state index contributed by atoms with van der Waals surface area (Å²) in [6.07, 6.45) is 13.6. The van der Waals surface area contributed by atoms with Crippen molar-refractivity contribution < 1.29 is 0 Å². The molecule has 2 heterocycles. The van der Waals surface area contributed by atoms with Gasteiger partial charge in [0.1, 0.15) is 0 Å². The van der Waals surface area contributed by atoms with Gasteiger partial charge in [0, 0.05) is 24.7 Å². The molecule has 0 unspecified atom stereocenters. The number of nitrogens with two attached hydrogens (primary N) is 1.